The lowest BCUT2D eigenvalue weighted by Gasteiger charge is -2.10. The minimum absolute atomic E-state index is 0.0499. The number of carbonyl (C=O) groups excluding carboxylic acids is 2. The van der Waals surface area contributed by atoms with Gasteiger partial charge in [-0.3, -0.25) is 14.6 Å². The second-order valence-corrected chi connectivity index (χ2v) is 5.72. The molecule has 1 aromatic heterocycles. The molecule has 0 bridgehead atoms. The Bertz CT molecular complexity index is 810. The van der Waals surface area contributed by atoms with Crippen LogP contribution in [0.25, 0.3) is 5.57 Å². The van der Waals surface area contributed by atoms with Gasteiger partial charge in [0.25, 0.3) is 5.91 Å². The molecule has 6 heteroatoms. The molecule has 2 aromatic rings. The van der Waals surface area contributed by atoms with E-state index in [1.54, 1.807) is 48.8 Å². The number of aromatic nitrogens is 1. The summed E-state index contributed by atoms with van der Waals surface area (Å²) in [5.41, 5.74) is 7.53. The number of benzene rings is 1. The lowest BCUT2D eigenvalue weighted by Crippen LogP contribution is -2.23. The molecule has 3 N–H and O–H groups in total. The van der Waals surface area contributed by atoms with Crippen molar-refractivity contribution in [2.45, 2.75) is 20.0 Å². The zero-order chi connectivity index (χ0) is 18.9. The summed E-state index contributed by atoms with van der Waals surface area (Å²) in [4.78, 5) is 27.6. The summed E-state index contributed by atoms with van der Waals surface area (Å²) in [5.74, 6) is 0.277. The summed E-state index contributed by atoms with van der Waals surface area (Å²) in [7, 11) is 0. The molecular weight excluding hydrogens is 330 g/mol. The maximum Gasteiger partial charge on any atom is 0.255 e. The number of hydrogen-bond donors (Lipinski definition) is 2. The fraction of sp³-hybridized carbons (Fsp3) is 0.150. The van der Waals surface area contributed by atoms with Gasteiger partial charge in [0.05, 0.1) is 11.8 Å². The molecule has 134 valence electrons. The molecule has 0 spiro atoms. The lowest BCUT2D eigenvalue weighted by atomic mass is 10.1. The number of carbonyl (C=O) groups is 2. The van der Waals surface area contributed by atoms with E-state index in [1.807, 2.05) is 13.8 Å². The van der Waals surface area contributed by atoms with Crippen molar-refractivity contribution in [3.63, 3.8) is 0 Å². The largest absolute Gasteiger partial charge is 0.491 e. The van der Waals surface area contributed by atoms with Crippen LogP contribution in [-0.2, 0) is 4.79 Å². The van der Waals surface area contributed by atoms with Crippen LogP contribution in [0.3, 0.4) is 0 Å². The van der Waals surface area contributed by atoms with Crippen LogP contribution in [0.4, 0.5) is 0 Å². The topological polar surface area (TPSA) is 94.3 Å². The highest BCUT2D eigenvalue weighted by Gasteiger charge is 2.09. The van der Waals surface area contributed by atoms with E-state index >= 15 is 0 Å². The van der Waals surface area contributed by atoms with Gasteiger partial charge in [0.1, 0.15) is 5.75 Å². The number of amides is 1. The third-order valence-corrected chi connectivity index (χ3v) is 3.38. The zero-order valence-electron chi connectivity index (χ0n) is 14.7. The number of hydrogen-bond acceptors (Lipinski definition) is 5. The first-order valence-electron chi connectivity index (χ1n) is 8.10. The van der Waals surface area contributed by atoms with E-state index < -0.39 is 5.91 Å². The van der Waals surface area contributed by atoms with Crippen LogP contribution < -0.4 is 15.8 Å². The molecule has 6 nitrogen and oxygen atoms in total. The van der Waals surface area contributed by atoms with E-state index in [2.05, 4.69) is 10.3 Å². The van der Waals surface area contributed by atoms with Gasteiger partial charge in [0.15, 0.2) is 6.29 Å². The van der Waals surface area contributed by atoms with E-state index in [1.165, 1.54) is 12.3 Å². The second-order valence-electron chi connectivity index (χ2n) is 5.72. The molecule has 1 amide bonds. The number of rotatable bonds is 7. The summed E-state index contributed by atoms with van der Waals surface area (Å²) in [5, 5.41) is 2.58. The van der Waals surface area contributed by atoms with E-state index in [-0.39, 0.29) is 11.8 Å². The number of pyridine rings is 1. The molecular formula is C20H21N3O3. The van der Waals surface area contributed by atoms with Crippen LogP contribution in [0.2, 0.25) is 0 Å². The van der Waals surface area contributed by atoms with Gasteiger partial charge in [0, 0.05) is 24.2 Å². The molecule has 0 saturated heterocycles. The molecule has 0 aliphatic heterocycles. The third kappa shape index (κ3) is 5.31. The third-order valence-electron chi connectivity index (χ3n) is 3.38. The summed E-state index contributed by atoms with van der Waals surface area (Å²) in [6.45, 7) is 3.85. The molecule has 0 aliphatic carbocycles. The minimum Gasteiger partial charge on any atom is -0.491 e. The predicted molar refractivity (Wildman–Crippen MR) is 100 cm³/mol. The molecule has 26 heavy (non-hydrogen) atoms. The van der Waals surface area contributed by atoms with Gasteiger partial charge in [-0.1, -0.05) is 0 Å². The van der Waals surface area contributed by atoms with E-state index in [4.69, 9.17) is 10.5 Å². The Morgan fingerprint density at radius 2 is 1.77 bits per heavy atom. The van der Waals surface area contributed by atoms with Crippen molar-refractivity contribution < 1.29 is 14.3 Å². The Morgan fingerprint density at radius 1 is 1.12 bits per heavy atom. The van der Waals surface area contributed by atoms with Crippen molar-refractivity contribution in [3.8, 4) is 5.75 Å². The van der Waals surface area contributed by atoms with E-state index in [9.17, 15) is 9.59 Å². The highest BCUT2D eigenvalue weighted by Crippen LogP contribution is 2.16. The van der Waals surface area contributed by atoms with Crippen molar-refractivity contribution in [2.24, 2.45) is 5.73 Å². The summed E-state index contributed by atoms with van der Waals surface area (Å²) < 4.78 is 5.54. The molecule has 2 rings (SSSR count). The van der Waals surface area contributed by atoms with Crippen LogP contribution in [0, 0.1) is 0 Å². The van der Waals surface area contributed by atoms with E-state index in [0.717, 1.165) is 5.56 Å². The maximum atomic E-state index is 12.3. The Kier molecular flexibility index (Phi) is 6.68. The minimum atomic E-state index is -0.398. The second kappa shape index (κ2) is 9.17. The highest BCUT2D eigenvalue weighted by molar-refractivity contribution is 5.99. The van der Waals surface area contributed by atoms with Gasteiger partial charge >= 0.3 is 0 Å². The first-order valence-corrected chi connectivity index (χ1v) is 8.10. The van der Waals surface area contributed by atoms with Crippen molar-refractivity contribution in [2.75, 3.05) is 0 Å². The maximum absolute atomic E-state index is 12.3. The standard InChI is InChI=1S/C20H21N3O3/c1-14(2)26-19-5-3-16(4-6-19)20(25)23-18(13-24)11-17(12-21)15-7-9-22-10-8-15/h3-14H,21H2,1-2H3,(H,23,25). The Labute approximate surface area is 152 Å². The number of nitrogens with one attached hydrogen (secondary N) is 1. The average molecular weight is 351 g/mol. The normalized spacial score (nSPS) is 12.0. The van der Waals surface area contributed by atoms with E-state index in [0.29, 0.717) is 23.2 Å². The van der Waals surface area contributed by atoms with Crippen LogP contribution in [0.5, 0.6) is 5.75 Å². The van der Waals surface area contributed by atoms with Crippen LogP contribution >= 0.6 is 0 Å². The number of nitrogens with zero attached hydrogens (tertiary/aromatic N) is 1. The number of aldehydes is 1. The van der Waals surface area contributed by atoms with Crippen molar-refractivity contribution in [1.29, 1.82) is 0 Å². The van der Waals surface area contributed by atoms with Crippen LogP contribution in [-0.4, -0.2) is 23.3 Å². The van der Waals surface area contributed by atoms with Gasteiger partial charge in [0.2, 0.25) is 0 Å². The summed E-state index contributed by atoms with van der Waals surface area (Å²) in [6.07, 6.45) is 6.73. The van der Waals surface area contributed by atoms with Gasteiger partial charge in [-0.25, -0.2) is 0 Å². The highest BCUT2D eigenvalue weighted by atomic mass is 16.5. The monoisotopic (exact) mass is 351 g/mol. The van der Waals surface area contributed by atoms with Crippen molar-refractivity contribution in [1.82, 2.24) is 10.3 Å². The van der Waals surface area contributed by atoms with Gasteiger partial charge in [-0.15, -0.1) is 0 Å². The predicted octanol–water partition coefficient (Wildman–Crippen LogP) is 2.68. The molecule has 0 unspecified atom stereocenters. The molecule has 0 aliphatic rings. The van der Waals surface area contributed by atoms with Gasteiger partial charge in [-0.2, -0.15) is 0 Å². The van der Waals surface area contributed by atoms with Gasteiger partial charge in [-0.05, 0) is 67.5 Å². The smallest absolute Gasteiger partial charge is 0.255 e. The van der Waals surface area contributed by atoms with Gasteiger partial charge < -0.3 is 15.8 Å². The number of allylic oxidation sites excluding steroid dienone is 3. The Hall–Kier alpha value is -3.41. The molecule has 1 aromatic carbocycles. The number of ether oxygens (including phenoxy) is 1. The van der Waals surface area contributed by atoms with Crippen LogP contribution in [0.1, 0.15) is 29.8 Å². The summed E-state index contributed by atoms with van der Waals surface area (Å²) in [6, 6.07) is 10.2. The average Bonchev–Trinajstić information content (AvgIpc) is 2.65. The first kappa shape index (κ1) is 18.9. The van der Waals surface area contributed by atoms with Crippen LogP contribution in [0.15, 0.2) is 66.8 Å². The SMILES string of the molecule is CC(C)Oc1ccc(C(=O)NC(C=O)=CC(=CN)c2ccncc2)cc1. The molecule has 0 fully saturated rings. The molecule has 1 heterocycles. The molecule has 0 saturated carbocycles. The number of nitrogens with two attached hydrogens (primary N) is 1. The summed E-state index contributed by atoms with van der Waals surface area (Å²) >= 11 is 0. The Morgan fingerprint density at radius 3 is 2.31 bits per heavy atom. The first-order chi connectivity index (χ1) is 12.5. The molecule has 0 atom stereocenters. The zero-order valence-corrected chi connectivity index (χ0v) is 14.7. The fourth-order valence-electron chi connectivity index (χ4n) is 2.20. The van der Waals surface area contributed by atoms with Crippen molar-refractivity contribution >= 4 is 17.8 Å². The fourth-order valence-corrected chi connectivity index (χ4v) is 2.20. The van der Waals surface area contributed by atoms with Crippen molar-refractivity contribution in [3.05, 3.63) is 77.9 Å². The lowest BCUT2D eigenvalue weighted by molar-refractivity contribution is -0.105. The quantitative estimate of drug-likeness (QED) is 0.454. The Balaban J connectivity index is 2.13. The molecule has 0 radical (unpaired) electrons.